The van der Waals surface area contributed by atoms with E-state index >= 15 is 0 Å². The van der Waals surface area contributed by atoms with E-state index in [0.717, 1.165) is 19.3 Å². The molecule has 0 aliphatic carbocycles. The lowest BCUT2D eigenvalue weighted by Crippen LogP contribution is -2.51. The molecule has 1 heterocycles. The first kappa shape index (κ1) is 14.2. The van der Waals surface area contributed by atoms with Gasteiger partial charge in [0.1, 0.15) is 0 Å². The van der Waals surface area contributed by atoms with Crippen molar-refractivity contribution >= 4 is 16.0 Å². The number of hydrogen-bond donors (Lipinski definition) is 3. The number of nitrogens with two attached hydrogens (primary N) is 1. The predicted molar refractivity (Wildman–Crippen MR) is 65.0 cm³/mol. The zero-order valence-corrected chi connectivity index (χ0v) is 10.8. The lowest BCUT2D eigenvalue weighted by atomic mass is 10.2. The summed E-state index contributed by atoms with van der Waals surface area (Å²) >= 11 is 0. The van der Waals surface area contributed by atoms with Crippen LogP contribution >= 0.6 is 0 Å². The zero-order valence-electron chi connectivity index (χ0n) is 9.96. The Bertz CT molecular complexity index is 362. The van der Waals surface area contributed by atoms with Crippen LogP contribution in [-0.4, -0.2) is 42.9 Å². The molecule has 7 nitrogen and oxygen atoms in total. The fraction of sp³-hybridized carbons (Fsp3) is 0.889. The number of piperidine rings is 1. The van der Waals surface area contributed by atoms with Gasteiger partial charge in [-0.05, 0) is 19.3 Å². The molecule has 0 radical (unpaired) electrons. The molecule has 1 rings (SSSR count). The highest BCUT2D eigenvalue weighted by molar-refractivity contribution is 7.87. The third kappa shape index (κ3) is 3.83. The standard InChI is InChI=1S/C9H20N4O3S/c1-2-8(9(10)11-14)12-17(15,16)13-6-4-3-5-7-13/h8,12,14H,2-7H2,1H3,(H2,10,11). The molecule has 1 fully saturated rings. The summed E-state index contributed by atoms with van der Waals surface area (Å²) in [5.74, 6) is -0.118. The highest BCUT2D eigenvalue weighted by atomic mass is 32.2. The summed E-state index contributed by atoms with van der Waals surface area (Å²) in [5.41, 5.74) is 5.42. The summed E-state index contributed by atoms with van der Waals surface area (Å²) in [6, 6.07) is -0.660. The number of nitrogens with zero attached hydrogens (tertiary/aromatic N) is 2. The van der Waals surface area contributed by atoms with Gasteiger partial charge in [0.2, 0.25) is 0 Å². The van der Waals surface area contributed by atoms with E-state index in [0.29, 0.717) is 19.5 Å². The van der Waals surface area contributed by atoms with Crippen LogP contribution in [0.25, 0.3) is 0 Å². The molecule has 0 saturated carbocycles. The third-order valence-corrected chi connectivity index (χ3v) is 4.45. The minimum atomic E-state index is -3.54. The lowest BCUT2D eigenvalue weighted by Gasteiger charge is -2.27. The van der Waals surface area contributed by atoms with Crippen LogP contribution in [0.5, 0.6) is 0 Å². The highest BCUT2D eigenvalue weighted by Gasteiger charge is 2.27. The van der Waals surface area contributed by atoms with Gasteiger partial charge in [0.25, 0.3) is 10.2 Å². The molecule has 0 spiro atoms. The Hall–Kier alpha value is -0.860. The van der Waals surface area contributed by atoms with E-state index in [2.05, 4.69) is 9.88 Å². The Balaban J connectivity index is 2.70. The summed E-state index contributed by atoms with van der Waals surface area (Å²) < 4.78 is 27.8. The monoisotopic (exact) mass is 264 g/mol. The quantitative estimate of drug-likeness (QED) is 0.277. The first-order valence-corrected chi connectivity index (χ1v) is 7.20. The van der Waals surface area contributed by atoms with Gasteiger partial charge in [0, 0.05) is 13.1 Å². The minimum Gasteiger partial charge on any atom is -0.409 e. The summed E-state index contributed by atoms with van der Waals surface area (Å²) in [4.78, 5) is 0. The zero-order chi connectivity index (χ0) is 12.9. The second-order valence-corrected chi connectivity index (χ2v) is 5.77. The second kappa shape index (κ2) is 6.18. The molecule has 1 atom stereocenters. The molecule has 0 bridgehead atoms. The highest BCUT2D eigenvalue weighted by Crippen LogP contribution is 2.12. The predicted octanol–water partition coefficient (Wildman–Crippen LogP) is -0.168. The van der Waals surface area contributed by atoms with Crippen LogP contribution in [0.4, 0.5) is 0 Å². The molecular formula is C9H20N4O3S. The Morgan fingerprint density at radius 3 is 2.53 bits per heavy atom. The van der Waals surface area contributed by atoms with E-state index in [1.54, 1.807) is 6.92 Å². The summed E-state index contributed by atoms with van der Waals surface area (Å²) in [6.45, 7) is 2.82. The number of rotatable bonds is 5. The van der Waals surface area contributed by atoms with Crippen LogP contribution in [0.15, 0.2) is 5.16 Å². The SMILES string of the molecule is CCC(NS(=O)(=O)N1CCCCC1)/C(N)=N/O. The van der Waals surface area contributed by atoms with Gasteiger partial charge in [0.15, 0.2) is 5.84 Å². The largest absolute Gasteiger partial charge is 0.409 e. The average molecular weight is 264 g/mol. The van der Waals surface area contributed by atoms with Crippen LogP contribution < -0.4 is 10.5 Å². The number of oxime groups is 1. The maximum atomic E-state index is 12.0. The summed E-state index contributed by atoms with van der Waals surface area (Å²) in [5, 5.41) is 11.4. The van der Waals surface area contributed by atoms with Crippen LogP contribution in [0, 0.1) is 0 Å². The molecule has 1 saturated heterocycles. The topological polar surface area (TPSA) is 108 Å². The Morgan fingerprint density at radius 2 is 2.06 bits per heavy atom. The van der Waals surface area contributed by atoms with Crippen molar-refractivity contribution in [2.24, 2.45) is 10.9 Å². The molecule has 1 aliphatic heterocycles. The lowest BCUT2D eigenvalue weighted by molar-refractivity contribution is 0.314. The van der Waals surface area contributed by atoms with Crippen molar-refractivity contribution in [3.05, 3.63) is 0 Å². The van der Waals surface area contributed by atoms with Crippen molar-refractivity contribution in [3.8, 4) is 0 Å². The van der Waals surface area contributed by atoms with E-state index in [-0.39, 0.29) is 5.84 Å². The van der Waals surface area contributed by atoms with E-state index in [4.69, 9.17) is 10.9 Å². The van der Waals surface area contributed by atoms with Crippen molar-refractivity contribution < 1.29 is 13.6 Å². The Labute approximate surface area is 102 Å². The fourth-order valence-corrected chi connectivity index (χ4v) is 3.32. The number of amidine groups is 1. The van der Waals surface area contributed by atoms with Gasteiger partial charge < -0.3 is 10.9 Å². The molecule has 1 aliphatic rings. The third-order valence-electron chi connectivity index (χ3n) is 2.83. The van der Waals surface area contributed by atoms with Gasteiger partial charge >= 0.3 is 0 Å². The van der Waals surface area contributed by atoms with Crippen LogP contribution in [0.2, 0.25) is 0 Å². The van der Waals surface area contributed by atoms with Crippen molar-refractivity contribution in [2.45, 2.75) is 38.6 Å². The maximum Gasteiger partial charge on any atom is 0.280 e. The van der Waals surface area contributed by atoms with E-state index in [9.17, 15) is 8.42 Å². The van der Waals surface area contributed by atoms with Crippen molar-refractivity contribution in [2.75, 3.05) is 13.1 Å². The molecule has 0 aromatic carbocycles. The molecular weight excluding hydrogens is 244 g/mol. The smallest absolute Gasteiger partial charge is 0.280 e. The molecule has 8 heteroatoms. The van der Waals surface area contributed by atoms with Gasteiger partial charge in [-0.3, -0.25) is 0 Å². The van der Waals surface area contributed by atoms with Crippen LogP contribution in [0.3, 0.4) is 0 Å². The maximum absolute atomic E-state index is 12.0. The van der Waals surface area contributed by atoms with Crippen molar-refractivity contribution in [1.82, 2.24) is 9.03 Å². The van der Waals surface area contributed by atoms with E-state index < -0.39 is 16.3 Å². The van der Waals surface area contributed by atoms with Crippen molar-refractivity contribution in [3.63, 3.8) is 0 Å². The summed E-state index contributed by atoms with van der Waals surface area (Å²) in [7, 11) is -3.54. The van der Waals surface area contributed by atoms with Gasteiger partial charge in [-0.25, -0.2) is 0 Å². The van der Waals surface area contributed by atoms with Crippen molar-refractivity contribution in [1.29, 1.82) is 0 Å². The molecule has 4 N–H and O–H groups in total. The first-order chi connectivity index (χ1) is 8.01. The molecule has 0 aromatic rings. The molecule has 0 amide bonds. The molecule has 1 unspecified atom stereocenters. The Morgan fingerprint density at radius 1 is 1.47 bits per heavy atom. The van der Waals surface area contributed by atoms with E-state index in [1.807, 2.05) is 0 Å². The Kier molecular flexibility index (Phi) is 5.16. The average Bonchev–Trinajstić information content (AvgIpc) is 2.36. The van der Waals surface area contributed by atoms with Gasteiger partial charge in [-0.2, -0.15) is 17.4 Å². The normalized spacial score (nSPS) is 21.4. The number of hydrogen-bond acceptors (Lipinski definition) is 4. The van der Waals surface area contributed by atoms with Gasteiger partial charge in [-0.15, -0.1) is 0 Å². The summed E-state index contributed by atoms with van der Waals surface area (Å²) in [6.07, 6.45) is 3.25. The molecule has 0 aromatic heterocycles. The van der Waals surface area contributed by atoms with Crippen LogP contribution in [-0.2, 0) is 10.2 Å². The van der Waals surface area contributed by atoms with Gasteiger partial charge in [0.05, 0.1) is 6.04 Å². The molecule has 100 valence electrons. The van der Waals surface area contributed by atoms with E-state index in [1.165, 1.54) is 4.31 Å². The number of nitrogens with one attached hydrogen (secondary N) is 1. The minimum absolute atomic E-state index is 0.118. The first-order valence-electron chi connectivity index (χ1n) is 5.76. The van der Waals surface area contributed by atoms with Gasteiger partial charge in [-0.1, -0.05) is 18.5 Å². The second-order valence-electron chi connectivity index (χ2n) is 4.07. The fourth-order valence-electron chi connectivity index (χ4n) is 1.78. The molecule has 17 heavy (non-hydrogen) atoms. The van der Waals surface area contributed by atoms with Crippen LogP contribution in [0.1, 0.15) is 32.6 Å².